The smallest absolute Gasteiger partial charge is 0.0292 e. The minimum absolute atomic E-state index is 0.424. The summed E-state index contributed by atoms with van der Waals surface area (Å²) >= 11 is 4.15. The van der Waals surface area contributed by atoms with Crippen molar-refractivity contribution in [3.8, 4) is 0 Å². The van der Waals surface area contributed by atoms with E-state index in [4.69, 9.17) is 5.73 Å². The van der Waals surface area contributed by atoms with Crippen molar-refractivity contribution in [2.24, 2.45) is 11.7 Å². The molecule has 0 aromatic heterocycles. The van der Waals surface area contributed by atoms with Crippen LogP contribution in [-0.4, -0.2) is 28.6 Å². The van der Waals surface area contributed by atoms with Crippen LogP contribution >= 0.6 is 23.5 Å². The Labute approximate surface area is 90.6 Å². The van der Waals surface area contributed by atoms with Gasteiger partial charge in [0.15, 0.2) is 0 Å². The lowest BCUT2D eigenvalue weighted by atomic mass is 9.93. The molecular weight excluding hydrogens is 198 g/mol. The first-order valence-corrected chi connectivity index (χ1v) is 7.44. The Hall–Kier alpha value is 0.660. The van der Waals surface area contributed by atoms with Crippen LogP contribution in [0.2, 0.25) is 0 Å². The van der Waals surface area contributed by atoms with Gasteiger partial charge in [-0.25, -0.2) is 0 Å². The molecule has 0 saturated carbocycles. The van der Waals surface area contributed by atoms with Crippen molar-refractivity contribution in [1.29, 1.82) is 0 Å². The number of hydrogen-bond acceptors (Lipinski definition) is 3. The minimum Gasteiger partial charge on any atom is -0.326 e. The quantitative estimate of drug-likeness (QED) is 0.787. The molecule has 78 valence electrons. The van der Waals surface area contributed by atoms with Crippen LogP contribution in [0.3, 0.4) is 0 Å². The van der Waals surface area contributed by atoms with Crippen LogP contribution in [-0.2, 0) is 0 Å². The van der Waals surface area contributed by atoms with Crippen molar-refractivity contribution in [1.82, 2.24) is 0 Å². The van der Waals surface area contributed by atoms with Crippen molar-refractivity contribution < 1.29 is 0 Å². The molecule has 1 heterocycles. The first-order chi connectivity index (χ1) is 6.29. The molecule has 3 heteroatoms. The molecule has 0 aliphatic carbocycles. The molecular formula is C10H21NS2. The predicted octanol–water partition coefficient (Wildman–Crippen LogP) is 2.60. The summed E-state index contributed by atoms with van der Waals surface area (Å²) in [6.07, 6.45) is 2.47. The molecule has 1 rings (SSSR count). The highest BCUT2D eigenvalue weighted by Crippen LogP contribution is 2.29. The fraction of sp³-hybridized carbons (Fsp3) is 1.00. The summed E-state index contributed by atoms with van der Waals surface area (Å²) in [5, 5.41) is 0.712. The molecule has 0 amide bonds. The van der Waals surface area contributed by atoms with Crippen LogP contribution < -0.4 is 5.73 Å². The molecule has 0 bridgehead atoms. The lowest BCUT2D eigenvalue weighted by Crippen LogP contribution is -2.42. The van der Waals surface area contributed by atoms with Gasteiger partial charge in [0.2, 0.25) is 0 Å². The molecule has 1 fully saturated rings. The maximum Gasteiger partial charge on any atom is 0.0292 e. The van der Waals surface area contributed by atoms with Crippen molar-refractivity contribution in [2.75, 3.05) is 17.3 Å². The number of nitrogens with two attached hydrogens (primary N) is 1. The third-order valence-electron chi connectivity index (χ3n) is 2.86. The first-order valence-electron chi connectivity index (χ1n) is 5.24. The fourth-order valence-electron chi connectivity index (χ4n) is 1.86. The van der Waals surface area contributed by atoms with Crippen LogP contribution in [0.4, 0.5) is 0 Å². The topological polar surface area (TPSA) is 26.0 Å². The molecule has 0 aromatic carbocycles. The minimum atomic E-state index is 0.424. The van der Waals surface area contributed by atoms with Gasteiger partial charge < -0.3 is 5.73 Å². The molecule has 13 heavy (non-hydrogen) atoms. The average Bonchev–Trinajstić information content (AvgIpc) is 2.21. The average molecular weight is 219 g/mol. The molecule has 0 spiro atoms. The second-order valence-corrected chi connectivity index (χ2v) is 6.13. The van der Waals surface area contributed by atoms with E-state index in [1.807, 2.05) is 0 Å². The molecule has 0 radical (unpaired) electrons. The number of hydrogen-bond donors (Lipinski definition) is 1. The van der Waals surface area contributed by atoms with Crippen LogP contribution in [0.5, 0.6) is 0 Å². The van der Waals surface area contributed by atoms with E-state index in [-0.39, 0.29) is 0 Å². The van der Waals surface area contributed by atoms with Gasteiger partial charge in [-0.15, -0.1) is 0 Å². The van der Waals surface area contributed by atoms with Crippen molar-refractivity contribution in [2.45, 2.75) is 38.0 Å². The third-order valence-corrected chi connectivity index (χ3v) is 5.77. The Morgan fingerprint density at radius 1 is 1.31 bits per heavy atom. The predicted molar refractivity (Wildman–Crippen MR) is 65.6 cm³/mol. The second-order valence-electron chi connectivity index (χ2n) is 3.64. The van der Waals surface area contributed by atoms with Crippen LogP contribution in [0.25, 0.3) is 0 Å². The molecule has 1 saturated heterocycles. The van der Waals surface area contributed by atoms with Gasteiger partial charge >= 0.3 is 0 Å². The van der Waals surface area contributed by atoms with Crippen LogP contribution in [0.1, 0.15) is 26.7 Å². The van der Waals surface area contributed by atoms with Gasteiger partial charge in [-0.1, -0.05) is 26.7 Å². The SMILES string of the molecule is CCC(CC)C(N)C1CSCCS1. The van der Waals surface area contributed by atoms with E-state index in [0.717, 1.165) is 5.92 Å². The Morgan fingerprint density at radius 3 is 2.46 bits per heavy atom. The summed E-state index contributed by atoms with van der Waals surface area (Å²) < 4.78 is 0. The monoisotopic (exact) mass is 219 g/mol. The van der Waals surface area contributed by atoms with Crippen LogP contribution in [0, 0.1) is 5.92 Å². The maximum atomic E-state index is 6.28. The lowest BCUT2D eigenvalue weighted by molar-refractivity contribution is 0.395. The summed E-state index contributed by atoms with van der Waals surface area (Å²) in [6, 6.07) is 0.424. The summed E-state index contributed by atoms with van der Waals surface area (Å²) in [7, 11) is 0. The summed E-state index contributed by atoms with van der Waals surface area (Å²) in [5.41, 5.74) is 6.28. The van der Waals surface area contributed by atoms with E-state index in [9.17, 15) is 0 Å². The molecule has 1 nitrogen and oxygen atoms in total. The van der Waals surface area contributed by atoms with E-state index in [0.29, 0.717) is 11.3 Å². The van der Waals surface area contributed by atoms with Gasteiger partial charge in [0, 0.05) is 28.6 Å². The lowest BCUT2D eigenvalue weighted by Gasteiger charge is -2.31. The van der Waals surface area contributed by atoms with Crippen molar-refractivity contribution in [3.05, 3.63) is 0 Å². The van der Waals surface area contributed by atoms with Crippen molar-refractivity contribution >= 4 is 23.5 Å². The van der Waals surface area contributed by atoms with Gasteiger partial charge in [0.25, 0.3) is 0 Å². The zero-order chi connectivity index (χ0) is 9.68. The van der Waals surface area contributed by atoms with E-state index in [2.05, 4.69) is 37.4 Å². The number of rotatable bonds is 4. The molecule has 1 aliphatic rings. The highest BCUT2D eigenvalue weighted by Gasteiger charge is 2.26. The Kier molecular flexibility index (Phi) is 5.60. The molecule has 2 N–H and O–H groups in total. The van der Waals surface area contributed by atoms with Gasteiger partial charge in [0.1, 0.15) is 0 Å². The van der Waals surface area contributed by atoms with Gasteiger partial charge in [-0.05, 0) is 5.92 Å². The zero-order valence-corrected chi connectivity index (χ0v) is 10.3. The maximum absolute atomic E-state index is 6.28. The second kappa shape index (κ2) is 6.20. The fourth-order valence-corrected chi connectivity index (χ4v) is 4.76. The highest BCUT2D eigenvalue weighted by molar-refractivity contribution is 8.06. The summed E-state index contributed by atoms with van der Waals surface area (Å²) in [4.78, 5) is 0. The summed E-state index contributed by atoms with van der Waals surface area (Å²) in [6.45, 7) is 4.52. The molecule has 0 aromatic rings. The first kappa shape index (κ1) is 11.7. The number of thioether (sulfide) groups is 2. The van der Waals surface area contributed by atoms with Crippen molar-refractivity contribution in [3.63, 3.8) is 0 Å². The van der Waals surface area contributed by atoms with E-state index < -0.39 is 0 Å². The Balaban J connectivity index is 2.38. The Morgan fingerprint density at radius 2 is 2.00 bits per heavy atom. The van der Waals surface area contributed by atoms with Crippen LogP contribution in [0.15, 0.2) is 0 Å². The standard InChI is InChI=1S/C10H21NS2/c1-3-8(4-2)10(11)9-7-12-5-6-13-9/h8-10H,3-7,11H2,1-2H3. The van der Waals surface area contributed by atoms with E-state index in [1.54, 1.807) is 0 Å². The Bertz CT molecular complexity index is 131. The zero-order valence-electron chi connectivity index (χ0n) is 8.66. The molecule has 1 aliphatic heterocycles. The third kappa shape index (κ3) is 3.37. The van der Waals surface area contributed by atoms with E-state index >= 15 is 0 Å². The molecule has 2 atom stereocenters. The van der Waals surface area contributed by atoms with Gasteiger partial charge in [0.05, 0.1) is 0 Å². The van der Waals surface area contributed by atoms with Gasteiger partial charge in [-0.3, -0.25) is 0 Å². The summed E-state index contributed by atoms with van der Waals surface area (Å²) in [5.74, 6) is 4.61. The normalized spacial score (nSPS) is 26.3. The highest BCUT2D eigenvalue weighted by atomic mass is 32.2. The largest absolute Gasteiger partial charge is 0.326 e. The van der Waals surface area contributed by atoms with E-state index in [1.165, 1.54) is 30.1 Å². The van der Waals surface area contributed by atoms with Gasteiger partial charge in [-0.2, -0.15) is 23.5 Å². The molecule has 2 unspecified atom stereocenters.